The number of thioether (sulfide) groups is 2. The Hall–Kier alpha value is -0.610. The minimum Gasteiger partial charge on any atom is -0.481 e. The monoisotopic (exact) mass is 296 g/mol. The van der Waals surface area contributed by atoms with Crippen LogP contribution in [-0.2, 0) is 10.2 Å². The van der Waals surface area contributed by atoms with Crippen LogP contribution in [0.25, 0.3) is 0 Å². The van der Waals surface area contributed by atoms with Crippen LogP contribution in [0.3, 0.4) is 0 Å². The molecule has 1 fully saturated rings. The molecule has 104 valence electrons. The van der Waals surface area contributed by atoms with Gasteiger partial charge in [-0.3, -0.25) is 4.79 Å². The lowest BCUT2D eigenvalue weighted by Crippen LogP contribution is -2.33. The SMILES string of the molecule is CSc1cc(C2(C(=O)O)CCCC2)c(SC)cc1C. The van der Waals surface area contributed by atoms with Crippen molar-refractivity contribution in [2.24, 2.45) is 0 Å². The highest BCUT2D eigenvalue weighted by molar-refractivity contribution is 7.99. The molecule has 0 radical (unpaired) electrons. The Kier molecular flexibility index (Phi) is 4.51. The highest BCUT2D eigenvalue weighted by Gasteiger charge is 2.44. The van der Waals surface area contributed by atoms with Gasteiger partial charge in [0.15, 0.2) is 0 Å². The van der Waals surface area contributed by atoms with E-state index in [1.54, 1.807) is 23.5 Å². The van der Waals surface area contributed by atoms with Crippen molar-refractivity contribution in [3.8, 4) is 0 Å². The molecule has 0 heterocycles. The van der Waals surface area contributed by atoms with Gasteiger partial charge in [0.2, 0.25) is 0 Å². The number of rotatable bonds is 4. The largest absolute Gasteiger partial charge is 0.481 e. The van der Waals surface area contributed by atoms with Crippen molar-refractivity contribution in [3.05, 3.63) is 23.3 Å². The Balaban J connectivity index is 2.61. The first-order valence-corrected chi connectivity index (χ1v) is 8.96. The van der Waals surface area contributed by atoms with E-state index in [0.29, 0.717) is 0 Å². The van der Waals surface area contributed by atoms with Crippen LogP contribution in [-0.4, -0.2) is 23.6 Å². The molecule has 0 aromatic heterocycles. The van der Waals surface area contributed by atoms with E-state index >= 15 is 0 Å². The van der Waals surface area contributed by atoms with Gasteiger partial charge in [0.25, 0.3) is 0 Å². The summed E-state index contributed by atoms with van der Waals surface area (Å²) in [6, 6.07) is 4.26. The first kappa shape index (κ1) is 14.8. The van der Waals surface area contributed by atoms with E-state index in [0.717, 1.165) is 36.1 Å². The smallest absolute Gasteiger partial charge is 0.314 e. The van der Waals surface area contributed by atoms with E-state index < -0.39 is 11.4 Å². The molecule has 0 bridgehead atoms. The summed E-state index contributed by atoms with van der Waals surface area (Å²) in [4.78, 5) is 14.2. The van der Waals surface area contributed by atoms with E-state index in [9.17, 15) is 9.90 Å². The fourth-order valence-corrected chi connectivity index (χ4v) is 4.39. The van der Waals surface area contributed by atoms with Gasteiger partial charge in [0.1, 0.15) is 0 Å². The maximum Gasteiger partial charge on any atom is 0.314 e. The van der Waals surface area contributed by atoms with E-state index in [2.05, 4.69) is 19.1 Å². The Labute approximate surface area is 123 Å². The molecule has 1 N–H and O–H groups in total. The zero-order chi connectivity index (χ0) is 14.0. The van der Waals surface area contributed by atoms with Gasteiger partial charge in [-0.15, -0.1) is 23.5 Å². The van der Waals surface area contributed by atoms with Crippen molar-refractivity contribution >= 4 is 29.5 Å². The summed E-state index contributed by atoms with van der Waals surface area (Å²) in [5, 5.41) is 9.75. The number of hydrogen-bond acceptors (Lipinski definition) is 3. The van der Waals surface area contributed by atoms with Gasteiger partial charge in [-0.2, -0.15) is 0 Å². The van der Waals surface area contributed by atoms with Gasteiger partial charge >= 0.3 is 5.97 Å². The van der Waals surface area contributed by atoms with Crippen molar-refractivity contribution in [2.75, 3.05) is 12.5 Å². The van der Waals surface area contributed by atoms with Gasteiger partial charge in [-0.25, -0.2) is 0 Å². The third kappa shape index (κ3) is 2.52. The first-order chi connectivity index (χ1) is 9.05. The molecule has 2 rings (SSSR count). The number of aliphatic carboxylic acids is 1. The predicted molar refractivity (Wildman–Crippen MR) is 82.5 cm³/mol. The molecule has 1 aromatic carbocycles. The summed E-state index contributed by atoms with van der Waals surface area (Å²) < 4.78 is 0. The van der Waals surface area contributed by atoms with Crippen LogP contribution in [0.2, 0.25) is 0 Å². The molecule has 0 saturated heterocycles. The molecule has 2 nitrogen and oxygen atoms in total. The highest BCUT2D eigenvalue weighted by Crippen LogP contribution is 2.46. The average Bonchev–Trinajstić information content (AvgIpc) is 2.88. The third-order valence-corrected chi connectivity index (χ3v) is 5.76. The Morgan fingerprint density at radius 2 is 1.74 bits per heavy atom. The zero-order valence-electron chi connectivity index (χ0n) is 11.7. The topological polar surface area (TPSA) is 37.3 Å². The van der Waals surface area contributed by atoms with Crippen molar-refractivity contribution in [1.82, 2.24) is 0 Å². The molecule has 19 heavy (non-hydrogen) atoms. The summed E-state index contributed by atoms with van der Waals surface area (Å²) in [7, 11) is 0. The molecule has 1 saturated carbocycles. The van der Waals surface area contributed by atoms with Crippen molar-refractivity contribution in [1.29, 1.82) is 0 Å². The molecule has 4 heteroatoms. The molecular formula is C15H20O2S2. The van der Waals surface area contributed by atoms with Crippen LogP contribution < -0.4 is 0 Å². The molecule has 0 spiro atoms. The molecule has 0 amide bonds. The van der Waals surface area contributed by atoms with Crippen LogP contribution in [0.1, 0.15) is 36.8 Å². The maximum atomic E-state index is 11.9. The summed E-state index contributed by atoms with van der Waals surface area (Å²) in [6.45, 7) is 2.09. The second kappa shape index (κ2) is 5.80. The summed E-state index contributed by atoms with van der Waals surface area (Å²) >= 11 is 3.35. The molecule has 1 aliphatic rings. The number of carboxylic acids is 1. The zero-order valence-corrected chi connectivity index (χ0v) is 13.3. The van der Waals surface area contributed by atoms with E-state index in [1.807, 2.05) is 12.5 Å². The molecule has 1 aromatic rings. The lowest BCUT2D eigenvalue weighted by molar-refractivity contribution is -0.143. The Bertz CT molecular complexity index is 491. The van der Waals surface area contributed by atoms with Crippen LogP contribution in [0.15, 0.2) is 21.9 Å². The van der Waals surface area contributed by atoms with Crippen LogP contribution >= 0.6 is 23.5 Å². The standard InChI is InChI=1S/C15H20O2S2/c1-10-8-13(19-3)11(9-12(10)18-2)15(14(16)17)6-4-5-7-15/h8-9H,4-7H2,1-3H3,(H,16,17). The minimum absolute atomic E-state index is 0.656. The van der Waals surface area contributed by atoms with Crippen LogP contribution in [0.4, 0.5) is 0 Å². The summed E-state index contributed by atoms with van der Waals surface area (Å²) in [5.74, 6) is -0.656. The number of hydrogen-bond donors (Lipinski definition) is 1. The number of benzene rings is 1. The van der Waals surface area contributed by atoms with Crippen LogP contribution in [0, 0.1) is 6.92 Å². The summed E-state index contributed by atoms with van der Waals surface area (Å²) in [5.41, 5.74) is 1.61. The predicted octanol–water partition coefficient (Wildman–Crippen LogP) is 4.34. The lowest BCUT2D eigenvalue weighted by Gasteiger charge is -2.27. The van der Waals surface area contributed by atoms with Gasteiger partial charge in [0, 0.05) is 9.79 Å². The van der Waals surface area contributed by atoms with Gasteiger partial charge in [0.05, 0.1) is 5.41 Å². The molecule has 0 aliphatic heterocycles. The lowest BCUT2D eigenvalue weighted by atomic mass is 9.78. The fourth-order valence-electron chi connectivity index (χ4n) is 3.00. The molecular weight excluding hydrogens is 276 g/mol. The average molecular weight is 296 g/mol. The molecule has 1 aliphatic carbocycles. The van der Waals surface area contributed by atoms with Gasteiger partial charge < -0.3 is 5.11 Å². The van der Waals surface area contributed by atoms with Crippen molar-refractivity contribution in [3.63, 3.8) is 0 Å². The maximum absolute atomic E-state index is 11.9. The van der Waals surface area contributed by atoms with Crippen molar-refractivity contribution in [2.45, 2.75) is 47.8 Å². The molecule has 0 atom stereocenters. The Morgan fingerprint density at radius 1 is 1.16 bits per heavy atom. The minimum atomic E-state index is -0.656. The van der Waals surface area contributed by atoms with Gasteiger partial charge in [-0.05, 0) is 55.5 Å². The number of carboxylic acid groups (broad SMARTS) is 1. The highest BCUT2D eigenvalue weighted by atomic mass is 32.2. The van der Waals surface area contributed by atoms with E-state index in [4.69, 9.17) is 0 Å². The fraction of sp³-hybridized carbons (Fsp3) is 0.533. The normalized spacial score (nSPS) is 17.6. The van der Waals surface area contributed by atoms with Crippen molar-refractivity contribution < 1.29 is 9.90 Å². The number of carbonyl (C=O) groups is 1. The summed E-state index contributed by atoms with van der Waals surface area (Å²) in [6.07, 6.45) is 7.65. The quantitative estimate of drug-likeness (QED) is 0.839. The Morgan fingerprint density at radius 3 is 2.21 bits per heavy atom. The first-order valence-electron chi connectivity index (χ1n) is 6.51. The second-order valence-electron chi connectivity index (χ2n) is 5.12. The second-order valence-corrected chi connectivity index (χ2v) is 6.81. The van der Waals surface area contributed by atoms with E-state index in [1.165, 1.54) is 10.5 Å². The number of aryl methyl sites for hydroxylation is 1. The van der Waals surface area contributed by atoms with E-state index in [-0.39, 0.29) is 0 Å². The molecule has 0 unspecified atom stereocenters. The third-order valence-electron chi connectivity index (χ3n) is 4.10. The van der Waals surface area contributed by atoms with Crippen LogP contribution in [0.5, 0.6) is 0 Å². The van der Waals surface area contributed by atoms with Gasteiger partial charge in [-0.1, -0.05) is 12.8 Å².